The number of amides is 1. The van der Waals surface area contributed by atoms with Gasteiger partial charge in [-0.2, -0.15) is 0 Å². The largest absolute Gasteiger partial charge is 0.326 e. The van der Waals surface area contributed by atoms with Crippen molar-refractivity contribution in [2.24, 2.45) is 5.92 Å². The molecule has 0 spiro atoms. The fraction of sp³-hybridized carbons (Fsp3) is 0.235. The maximum atomic E-state index is 13.6. The Balaban J connectivity index is 1.63. The van der Waals surface area contributed by atoms with Gasteiger partial charge in [0.1, 0.15) is 5.82 Å². The highest BCUT2D eigenvalue weighted by Crippen LogP contribution is 2.31. The van der Waals surface area contributed by atoms with Gasteiger partial charge in [0, 0.05) is 22.3 Å². The molecule has 2 aromatic carbocycles. The molecule has 0 unspecified atom stereocenters. The van der Waals surface area contributed by atoms with E-state index in [9.17, 15) is 9.18 Å². The number of anilines is 1. The lowest BCUT2D eigenvalue weighted by Crippen LogP contribution is -2.13. The predicted octanol–water partition coefficient (Wildman–Crippen LogP) is 4.47. The van der Waals surface area contributed by atoms with Gasteiger partial charge in [-0.3, -0.25) is 4.79 Å². The molecule has 0 heterocycles. The number of carbonyl (C=O) groups excluding carboxylic acids is 1. The van der Waals surface area contributed by atoms with Gasteiger partial charge in [0.2, 0.25) is 5.91 Å². The molecule has 1 amide bonds. The van der Waals surface area contributed by atoms with Gasteiger partial charge in [0.05, 0.1) is 0 Å². The quantitative estimate of drug-likeness (QED) is 0.826. The molecule has 1 aliphatic rings. The Morgan fingerprint density at radius 3 is 2.76 bits per heavy atom. The lowest BCUT2D eigenvalue weighted by atomic mass is 10.2. The molecule has 3 rings (SSSR count). The zero-order valence-corrected chi connectivity index (χ0v) is 12.3. The Bertz CT molecular complexity index is 655. The molecule has 108 valence electrons. The van der Waals surface area contributed by atoms with E-state index in [4.69, 9.17) is 0 Å². The first-order chi connectivity index (χ1) is 10.2. The summed E-state index contributed by atoms with van der Waals surface area (Å²) in [6.45, 7) is 0. The molecule has 1 aliphatic carbocycles. The van der Waals surface area contributed by atoms with Gasteiger partial charge in [-0.15, -0.1) is 11.8 Å². The van der Waals surface area contributed by atoms with Crippen LogP contribution in [-0.4, -0.2) is 5.91 Å². The third kappa shape index (κ3) is 3.85. The summed E-state index contributed by atoms with van der Waals surface area (Å²) in [7, 11) is 0. The van der Waals surface area contributed by atoms with Crippen LogP contribution in [0, 0.1) is 11.7 Å². The number of benzene rings is 2. The standard InChI is InChI=1S/C17H16FNOS/c18-16-7-2-1-4-13(16)11-21-15-6-3-5-14(10-15)19-17(20)12-8-9-12/h1-7,10,12H,8-9,11H2,(H,19,20). The van der Waals surface area contributed by atoms with Crippen LogP contribution in [0.2, 0.25) is 0 Å². The molecular weight excluding hydrogens is 285 g/mol. The first-order valence-electron chi connectivity index (χ1n) is 6.99. The van der Waals surface area contributed by atoms with E-state index in [1.807, 2.05) is 30.3 Å². The Morgan fingerprint density at radius 1 is 1.19 bits per heavy atom. The molecule has 21 heavy (non-hydrogen) atoms. The third-order valence-corrected chi connectivity index (χ3v) is 4.44. The van der Waals surface area contributed by atoms with Crippen molar-refractivity contribution in [3.8, 4) is 0 Å². The first kappa shape index (κ1) is 14.1. The molecule has 2 aromatic rings. The van der Waals surface area contributed by atoms with Crippen molar-refractivity contribution in [3.63, 3.8) is 0 Å². The van der Waals surface area contributed by atoms with Gasteiger partial charge in [-0.1, -0.05) is 24.3 Å². The summed E-state index contributed by atoms with van der Waals surface area (Å²) in [5, 5.41) is 2.93. The van der Waals surface area contributed by atoms with E-state index >= 15 is 0 Å². The van der Waals surface area contributed by atoms with E-state index in [0.29, 0.717) is 11.3 Å². The van der Waals surface area contributed by atoms with Crippen LogP contribution >= 0.6 is 11.8 Å². The van der Waals surface area contributed by atoms with Crippen LogP contribution in [0.15, 0.2) is 53.4 Å². The molecule has 0 saturated heterocycles. The highest BCUT2D eigenvalue weighted by molar-refractivity contribution is 7.98. The monoisotopic (exact) mass is 301 g/mol. The minimum atomic E-state index is -0.178. The van der Waals surface area contributed by atoms with Crippen LogP contribution in [0.1, 0.15) is 18.4 Å². The van der Waals surface area contributed by atoms with Gasteiger partial charge < -0.3 is 5.32 Å². The maximum absolute atomic E-state index is 13.6. The normalized spacial score (nSPS) is 14.0. The summed E-state index contributed by atoms with van der Waals surface area (Å²) < 4.78 is 13.6. The van der Waals surface area contributed by atoms with Crippen molar-refractivity contribution in [3.05, 3.63) is 59.9 Å². The molecule has 0 radical (unpaired) electrons. The fourth-order valence-corrected chi connectivity index (χ4v) is 2.97. The Morgan fingerprint density at radius 2 is 2.00 bits per heavy atom. The van der Waals surface area contributed by atoms with Crippen LogP contribution < -0.4 is 5.32 Å². The van der Waals surface area contributed by atoms with Crippen LogP contribution in [0.3, 0.4) is 0 Å². The average molecular weight is 301 g/mol. The van der Waals surface area contributed by atoms with E-state index in [0.717, 1.165) is 23.4 Å². The highest BCUT2D eigenvalue weighted by Gasteiger charge is 2.29. The Kier molecular flexibility index (Phi) is 4.25. The molecule has 1 N–H and O–H groups in total. The van der Waals surface area contributed by atoms with Crippen molar-refractivity contribution < 1.29 is 9.18 Å². The minimum absolute atomic E-state index is 0.103. The molecule has 0 atom stereocenters. The molecule has 1 fully saturated rings. The van der Waals surface area contributed by atoms with Crippen molar-refractivity contribution in [2.45, 2.75) is 23.5 Å². The lowest BCUT2D eigenvalue weighted by Gasteiger charge is -2.07. The number of thioether (sulfide) groups is 1. The van der Waals surface area contributed by atoms with Crippen molar-refractivity contribution in [1.82, 2.24) is 0 Å². The number of hydrogen-bond donors (Lipinski definition) is 1. The van der Waals surface area contributed by atoms with Crippen molar-refractivity contribution in [2.75, 3.05) is 5.32 Å². The van der Waals surface area contributed by atoms with Crippen LogP contribution in [0.25, 0.3) is 0 Å². The number of halogens is 1. The van der Waals surface area contributed by atoms with Gasteiger partial charge in [-0.05, 0) is 42.7 Å². The van der Waals surface area contributed by atoms with E-state index in [2.05, 4.69) is 5.32 Å². The smallest absolute Gasteiger partial charge is 0.227 e. The fourth-order valence-electron chi connectivity index (χ4n) is 2.03. The molecule has 1 saturated carbocycles. The molecule has 2 nitrogen and oxygen atoms in total. The average Bonchev–Trinajstić information content (AvgIpc) is 3.31. The number of hydrogen-bond acceptors (Lipinski definition) is 2. The zero-order valence-electron chi connectivity index (χ0n) is 11.5. The number of nitrogens with one attached hydrogen (secondary N) is 1. The van der Waals surface area contributed by atoms with E-state index < -0.39 is 0 Å². The van der Waals surface area contributed by atoms with Crippen LogP contribution in [0.5, 0.6) is 0 Å². The SMILES string of the molecule is O=C(Nc1cccc(SCc2ccccc2F)c1)C1CC1. The van der Waals surface area contributed by atoms with Crippen LogP contribution in [-0.2, 0) is 10.5 Å². The van der Waals surface area contributed by atoms with E-state index in [1.54, 1.807) is 23.9 Å². The van der Waals surface area contributed by atoms with Crippen molar-refractivity contribution >= 4 is 23.4 Å². The summed E-state index contributed by atoms with van der Waals surface area (Å²) in [6.07, 6.45) is 1.99. The number of rotatable bonds is 5. The topological polar surface area (TPSA) is 29.1 Å². The zero-order chi connectivity index (χ0) is 14.7. The predicted molar refractivity (Wildman–Crippen MR) is 83.8 cm³/mol. The summed E-state index contributed by atoms with van der Waals surface area (Å²) >= 11 is 1.56. The van der Waals surface area contributed by atoms with Gasteiger partial charge >= 0.3 is 0 Å². The molecule has 0 aromatic heterocycles. The third-order valence-electron chi connectivity index (χ3n) is 3.40. The van der Waals surface area contributed by atoms with E-state index in [-0.39, 0.29) is 17.6 Å². The molecule has 0 bridgehead atoms. The summed E-state index contributed by atoms with van der Waals surface area (Å²) in [6, 6.07) is 14.5. The van der Waals surface area contributed by atoms with Gasteiger partial charge in [-0.25, -0.2) is 4.39 Å². The van der Waals surface area contributed by atoms with Crippen molar-refractivity contribution in [1.29, 1.82) is 0 Å². The second-order valence-corrected chi connectivity index (χ2v) is 6.22. The van der Waals surface area contributed by atoms with Crippen LogP contribution in [0.4, 0.5) is 10.1 Å². The Hall–Kier alpha value is -1.81. The van der Waals surface area contributed by atoms with Gasteiger partial charge in [0.15, 0.2) is 0 Å². The second kappa shape index (κ2) is 6.31. The lowest BCUT2D eigenvalue weighted by molar-refractivity contribution is -0.117. The Labute approximate surface area is 127 Å². The molecule has 4 heteroatoms. The summed E-state index contributed by atoms with van der Waals surface area (Å²) in [4.78, 5) is 12.8. The van der Waals surface area contributed by atoms with E-state index in [1.165, 1.54) is 6.07 Å². The first-order valence-corrected chi connectivity index (χ1v) is 7.98. The molecular formula is C17H16FNOS. The highest BCUT2D eigenvalue weighted by atomic mass is 32.2. The number of carbonyl (C=O) groups is 1. The summed E-state index contributed by atoms with van der Waals surface area (Å²) in [5.41, 5.74) is 1.50. The van der Waals surface area contributed by atoms with Gasteiger partial charge in [0.25, 0.3) is 0 Å². The molecule has 0 aliphatic heterocycles. The summed E-state index contributed by atoms with van der Waals surface area (Å²) in [5.74, 6) is 0.696. The second-order valence-electron chi connectivity index (χ2n) is 5.17. The maximum Gasteiger partial charge on any atom is 0.227 e. The minimum Gasteiger partial charge on any atom is -0.326 e.